The van der Waals surface area contributed by atoms with Crippen LogP contribution in [-0.2, 0) is 4.79 Å². The monoisotopic (exact) mass is 434 g/mol. The second-order valence-electron chi connectivity index (χ2n) is 9.47. The van der Waals surface area contributed by atoms with E-state index in [4.69, 9.17) is 0 Å². The fourth-order valence-electron chi connectivity index (χ4n) is 5.93. The van der Waals surface area contributed by atoms with Crippen LogP contribution in [0.3, 0.4) is 0 Å². The molecule has 7 heteroatoms. The van der Waals surface area contributed by atoms with E-state index < -0.39 is 11.6 Å². The molecular formula is C25H24F2N4O. The zero-order valence-corrected chi connectivity index (χ0v) is 17.9. The van der Waals surface area contributed by atoms with Crippen molar-refractivity contribution in [1.82, 2.24) is 14.5 Å². The van der Waals surface area contributed by atoms with Crippen molar-refractivity contribution in [3.63, 3.8) is 0 Å². The van der Waals surface area contributed by atoms with Crippen LogP contribution in [0.5, 0.6) is 0 Å². The van der Waals surface area contributed by atoms with Gasteiger partial charge in [-0.25, -0.2) is 13.8 Å². The molecule has 5 atom stereocenters. The molecule has 3 unspecified atom stereocenters. The number of aromatic amines is 1. The Kier molecular flexibility index (Phi) is 4.19. The number of nitrogens with one attached hydrogen (secondary N) is 2. The summed E-state index contributed by atoms with van der Waals surface area (Å²) in [6.07, 6.45) is 3.55. The van der Waals surface area contributed by atoms with E-state index in [2.05, 4.69) is 21.4 Å². The predicted molar refractivity (Wildman–Crippen MR) is 119 cm³/mol. The molecular weight excluding hydrogens is 410 g/mol. The molecule has 164 valence electrons. The van der Waals surface area contributed by atoms with Gasteiger partial charge in [0.2, 0.25) is 5.91 Å². The number of halogens is 2. The first kappa shape index (κ1) is 19.5. The molecule has 2 fully saturated rings. The van der Waals surface area contributed by atoms with Crippen LogP contribution >= 0.6 is 0 Å². The molecule has 2 aromatic carbocycles. The molecule has 2 aromatic heterocycles. The number of hydrogen-bond donors (Lipinski definition) is 2. The molecule has 0 aliphatic heterocycles. The van der Waals surface area contributed by atoms with E-state index in [1.165, 1.54) is 6.07 Å². The fraction of sp³-hybridized carbons (Fsp3) is 0.360. The van der Waals surface area contributed by atoms with Crippen molar-refractivity contribution >= 4 is 33.5 Å². The van der Waals surface area contributed by atoms with Gasteiger partial charge in [0.15, 0.2) is 11.6 Å². The molecule has 5 nitrogen and oxygen atoms in total. The molecule has 6 rings (SSSR count). The van der Waals surface area contributed by atoms with Crippen LogP contribution < -0.4 is 5.32 Å². The van der Waals surface area contributed by atoms with Crippen molar-refractivity contribution < 1.29 is 13.6 Å². The highest BCUT2D eigenvalue weighted by Crippen LogP contribution is 2.64. The van der Waals surface area contributed by atoms with Gasteiger partial charge in [0, 0.05) is 41.0 Å². The Labute approximate surface area is 183 Å². The summed E-state index contributed by atoms with van der Waals surface area (Å²) >= 11 is 0. The molecule has 2 aliphatic rings. The number of carbonyl (C=O) groups excluding carboxylic acids is 1. The highest BCUT2D eigenvalue weighted by atomic mass is 19.2. The van der Waals surface area contributed by atoms with E-state index in [0.29, 0.717) is 28.8 Å². The van der Waals surface area contributed by atoms with Crippen molar-refractivity contribution in [2.45, 2.75) is 32.7 Å². The third kappa shape index (κ3) is 3.02. The number of anilines is 1. The summed E-state index contributed by atoms with van der Waals surface area (Å²) in [6.45, 7) is 4.02. The van der Waals surface area contributed by atoms with Crippen molar-refractivity contribution in [2.75, 3.05) is 5.32 Å². The summed E-state index contributed by atoms with van der Waals surface area (Å²) < 4.78 is 29.2. The Morgan fingerprint density at radius 1 is 1.16 bits per heavy atom. The molecule has 0 radical (unpaired) electrons. The second kappa shape index (κ2) is 6.89. The topological polar surface area (TPSA) is 62.7 Å². The molecule has 1 amide bonds. The lowest BCUT2D eigenvalue weighted by atomic mass is 9.96. The van der Waals surface area contributed by atoms with Gasteiger partial charge in [-0.05, 0) is 61.1 Å². The molecule has 0 bridgehead atoms. The Balaban J connectivity index is 1.12. The number of carbonyl (C=O) groups is 1. The lowest BCUT2D eigenvalue weighted by Gasteiger charge is -2.20. The van der Waals surface area contributed by atoms with E-state index in [9.17, 15) is 13.6 Å². The molecule has 32 heavy (non-hydrogen) atoms. The SMILES string of the molecule is Cc1cc2ccc(NC(=O)C(C)C3[C@H]4CC(n5cnc6cc(F)c(F)cc65)C[C@@H]34)cc2[nH]1. The summed E-state index contributed by atoms with van der Waals surface area (Å²) in [5, 5.41) is 4.21. The number of amides is 1. The number of fused-ring (bicyclic) bond motifs is 3. The fourth-order valence-corrected chi connectivity index (χ4v) is 5.93. The van der Waals surface area contributed by atoms with Gasteiger partial charge in [0.25, 0.3) is 0 Å². The zero-order chi connectivity index (χ0) is 22.1. The maximum absolute atomic E-state index is 13.7. The maximum Gasteiger partial charge on any atom is 0.227 e. The van der Waals surface area contributed by atoms with E-state index in [-0.39, 0.29) is 17.9 Å². The molecule has 0 spiro atoms. The first-order chi connectivity index (χ1) is 15.4. The summed E-state index contributed by atoms with van der Waals surface area (Å²) in [5.41, 5.74) is 4.02. The molecule has 4 aromatic rings. The van der Waals surface area contributed by atoms with E-state index in [0.717, 1.165) is 41.2 Å². The van der Waals surface area contributed by atoms with Gasteiger partial charge in [-0.3, -0.25) is 4.79 Å². The first-order valence-corrected chi connectivity index (χ1v) is 11.1. The summed E-state index contributed by atoms with van der Waals surface area (Å²) in [5.74, 6) is -0.409. The summed E-state index contributed by atoms with van der Waals surface area (Å²) in [7, 11) is 0. The Morgan fingerprint density at radius 3 is 2.69 bits per heavy atom. The van der Waals surface area contributed by atoms with Gasteiger partial charge in [-0.1, -0.05) is 13.0 Å². The summed E-state index contributed by atoms with van der Waals surface area (Å²) in [6, 6.07) is 10.6. The number of benzene rings is 2. The Morgan fingerprint density at radius 2 is 1.91 bits per heavy atom. The standard InChI is InChI=1S/C25H24F2N4O/c1-12-5-14-3-4-15(6-21(14)29-12)30-25(32)13(2)24-17-7-16(8-18(17)24)31-11-28-22-9-19(26)20(27)10-23(22)31/h3-6,9-11,13,16-18,24,29H,7-8H2,1-2H3,(H,30,32)/t13?,16?,17-,18+,24?. The number of nitrogens with zero attached hydrogens (tertiary/aromatic N) is 2. The van der Waals surface area contributed by atoms with Gasteiger partial charge in [-0.2, -0.15) is 0 Å². The van der Waals surface area contributed by atoms with E-state index in [1.807, 2.05) is 36.6 Å². The van der Waals surface area contributed by atoms with Crippen LogP contribution in [-0.4, -0.2) is 20.4 Å². The number of imidazole rings is 1. The van der Waals surface area contributed by atoms with Crippen LogP contribution in [0.2, 0.25) is 0 Å². The largest absolute Gasteiger partial charge is 0.359 e. The number of aryl methyl sites for hydroxylation is 1. The third-order valence-electron chi connectivity index (χ3n) is 7.51. The number of H-pyrrole nitrogens is 1. The Hall–Kier alpha value is -3.22. The zero-order valence-electron chi connectivity index (χ0n) is 17.9. The van der Waals surface area contributed by atoms with Crippen molar-refractivity contribution in [3.8, 4) is 0 Å². The highest BCUT2D eigenvalue weighted by molar-refractivity contribution is 5.95. The van der Waals surface area contributed by atoms with Crippen LogP contribution in [0.4, 0.5) is 14.5 Å². The van der Waals surface area contributed by atoms with E-state index >= 15 is 0 Å². The lowest BCUT2D eigenvalue weighted by Crippen LogP contribution is -2.24. The average Bonchev–Trinajstić information content (AvgIpc) is 3.11. The van der Waals surface area contributed by atoms with Crippen LogP contribution in [0.15, 0.2) is 42.7 Å². The molecule has 2 saturated carbocycles. The molecule has 2 aliphatic carbocycles. The first-order valence-electron chi connectivity index (χ1n) is 11.1. The van der Waals surface area contributed by atoms with Gasteiger partial charge < -0.3 is 14.9 Å². The van der Waals surface area contributed by atoms with Gasteiger partial charge in [0.05, 0.1) is 17.4 Å². The molecule has 2 N–H and O–H groups in total. The predicted octanol–water partition coefficient (Wildman–Crippen LogP) is 5.58. The molecule has 0 saturated heterocycles. The highest BCUT2D eigenvalue weighted by Gasteiger charge is 2.59. The third-order valence-corrected chi connectivity index (χ3v) is 7.51. The normalized spacial score (nSPS) is 25.2. The molecule has 2 heterocycles. The van der Waals surface area contributed by atoms with Crippen molar-refractivity contribution in [1.29, 1.82) is 0 Å². The number of rotatable bonds is 4. The van der Waals surface area contributed by atoms with Gasteiger partial charge in [0.1, 0.15) is 0 Å². The second-order valence-corrected chi connectivity index (χ2v) is 9.47. The van der Waals surface area contributed by atoms with Crippen molar-refractivity contribution in [3.05, 3.63) is 60.1 Å². The van der Waals surface area contributed by atoms with Gasteiger partial charge in [-0.15, -0.1) is 0 Å². The smallest absolute Gasteiger partial charge is 0.227 e. The van der Waals surface area contributed by atoms with Gasteiger partial charge >= 0.3 is 0 Å². The quantitative estimate of drug-likeness (QED) is 0.441. The minimum Gasteiger partial charge on any atom is -0.359 e. The van der Waals surface area contributed by atoms with Crippen molar-refractivity contribution in [2.24, 2.45) is 23.7 Å². The Bertz CT molecular complexity index is 1360. The maximum atomic E-state index is 13.7. The lowest BCUT2D eigenvalue weighted by molar-refractivity contribution is -0.120. The van der Waals surface area contributed by atoms with Crippen LogP contribution in [0.1, 0.15) is 31.5 Å². The van der Waals surface area contributed by atoms with Crippen LogP contribution in [0, 0.1) is 42.2 Å². The average molecular weight is 434 g/mol. The minimum atomic E-state index is -0.873. The summed E-state index contributed by atoms with van der Waals surface area (Å²) in [4.78, 5) is 20.5. The van der Waals surface area contributed by atoms with E-state index in [1.54, 1.807) is 6.33 Å². The van der Waals surface area contributed by atoms with Crippen LogP contribution in [0.25, 0.3) is 21.9 Å². The number of aromatic nitrogens is 3. The minimum absolute atomic E-state index is 0.0502. The number of hydrogen-bond acceptors (Lipinski definition) is 2.